The predicted molar refractivity (Wildman–Crippen MR) is 123 cm³/mol. The SMILES string of the molecule is CN(C)c1cc2c(cc1Sc1nc3c(N)ncnc3n1CCCNC(C)(C)C)OCO2. The lowest BCUT2D eigenvalue weighted by atomic mass is 10.1. The van der Waals surface area contributed by atoms with Crippen LogP contribution in [-0.4, -0.2) is 52.5 Å². The summed E-state index contributed by atoms with van der Waals surface area (Å²) in [5, 5.41) is 4.35. The van der Waals surface area contributed by atoms with Crippen molar-refractivity contribution in [1.29, 1.82) is 0 Å². The molecule has 10 heteroatoms. The number of fused-ring (bicyclic) bond motifs is 2. The molecule has 0 fully saturated rings. The summed E-state index contributed by atoms with van der Waals surface area (Å²) in [6.07, 6.45) is 2.42. The minimum absolute atomic E-state index is 0.0777. The average molecular weight is 444 g/mol. The molecule has 2 aromatic heterocycles. The van der Waals surface area contributed by atoms with Crippen molar-refractivity contribution in [3.8, 4) is 11.5 Å². The quantitative estimate of drug-likeness (QED) is 0.533. The maximum absolute atomic E-state index is 6.10. The molecule has 166 valence electrons. The Labute approximate surface area is 186 Å². The first-order valence-electron chi connectivity index (χ1n) is 10.2. The van der Waals surface area contributed by atoms with Crippen LogP contribution in [0, 0.1) is 0 Å². The average Bonchev–Trinajstić information content (AvgIpc) is 3.29. The molecule has 0 aliphatic carbocycles. The number of hydrogen-bond donors (Lipinski definition) is 2. The van der Waals surface area contributed by atoms with Gasteiger partial charge in [-0.3, -0.25) is 0 Å². The van der Waals surface area contributed by atoms with Crippen LogP contribution in [0.3, 0.4) is 0 Å². The van der Waals surface area contributed by atoms with E-state index < -0.39 is 0 Å². The molecule has 1 aromatic carbocycles. The summed E-state index contributed by atoms with van der Waals surface area (Å²) >= 11 is 1.56. The molecule has 9 nitrogen and oxygen atoms in total. The summed E-state index contributed by atoms with van der Waals surface area (Å²) in [7, 11) is 4.01. The number of hydrogen-bond acceptors (Lipinski definition) is 9. The number of nitrogen functional groups attached to an aromatic ring is 1. The van der Waals surface area contributed by atoms with Crippen LogP contribution in [0.15, 0.2) is 28.5 Å². The van der Waals surface area contributed by atoms with Crippen molar-refractivity contribution in [2.45, 2.75) is 49.3 Å². The molecule has 0 atom stereocenters. The molecular weight excluding hydrogens is 414 g/mol. The van der Waals surface area contributed by atoms with Crippen LogP contribution in [0.5, 0.6) is 11.5 Å². The first kappa shape index (κ1) is 21.5. The Balaban J connectivity index is 1.68. The normalized spacial score (nSPS) is 13.2. The second kappa shape index (κ2) is 8.43. The van der Waals surface area contributed by atoms with Gasteiger partial charge in [-0.05, 0) is 45.5 Å². The van der Waals surface area contributed by atoms with Crippen LogP contribution in [0.2, 0.25) is 0 Å². The van der Waals surface area contributed by atoms with Crippen LogP contribution in [0.1, 0.15) is 27.2 Å². The highest BCUT2D eigenvalue weighted by Crippen LogP contribution is 2.44. The van der Waals surface area contributed by atoms with E-state index in [4.69, 9.17) is 20.2 Å². The zero-order chi connectivity index (χ0) is 22.2. The predicted octanol–water partition coefficient (Wildman–Crippen LogP) is 3.13. The Kier molecular flexibility index (Phi) is 5.85. The summed E-state index contributed by atoms with van der Waals surface area (Å²) < 4.78 is 13.3. The van der Waals surface area contributed by atoms with Crippen molar-refractivity contribution in [2.24, 2.45) is 0 Å². The van der Waals surface area contributed by atoms with E-state index in [9.17, 15) is 0 Å². The second-order valence-electron chi connectivity index (χ2n) is 8.68. The molecule has 0 unspecified atom stereocenters. The van der Waals surface area contributed by atoms with Gasteiger partial charge in [0.1, 0.15) is 6.33 Å². The number of nitrogens with one attached hydrogen (secondary N) is 1. The Morgan fingerprint density at radius 1 is 1.19 bits per heavy atom. The van der Waals surface area contributed by atoms with E-state index in [-0.39, 0.29) is 12.3 Å². The Hall–Kier alpha value is -2.72. The van der Waals surface area contributed by atoms with Crippen molar-refractivity contribution < 1.29 is 9.47 Å². The fraction of sp³-hybridized carbons (Fsp3) is 0.476. The summed E-state index contributed by atoms with van der Waals surface area (Å²) in [4.78, 5) is 16.4. The van der Waals surface area contributed by atoms with E-state index in [0.29, 0.717) is 11.3 Å². The third kappa shape index (κ3) is 4.64. The topological polar surface area (TPSA) is 103 Å². The van der Waals surface area contributed by atoms with E-state index in [2.05, 4.69) is 45.5 Å². The zero-order valence-electron chi connectivity index (χ0n) is 18.6. The molecule has 0 bridgehead atoms. The molecule has 3 heterocycles. The van der Waals surface area contributed by atoms with Gasteiger partial charge in [0.05, 0.1) is 5.69 Å². The van der Waals surface area contributed by atoms with Crippen molar-refractivity contribution in [1.82, 2.24) is 24.8 Å². The lowest BCUT2D eigenvalue weighted by molar-refractivity contribution is 0.174. The third-order valence-corrected chi connectivity index (χ3v) is 5.92. The van der Waals surface area contributed by atoms with Gasteiger partial charge >= 0.3 is 0 Å². The summed E-state index contributed by atoms with van der Waals surface area (Å²) in [5.74, 6) is 1.88. The Morgan fingerprint density at radius 2 is 1.94 bits per heavy atom. The smallest absolute Gasteiger partial charge is 0.231 e. The molecule has 0 saturated heterocycles. The fourth-order valence-electron chi connectivity index (χ4n) is 3.36. The van der Waals surface area contributed by atoms with Crippen LogP contribution < -0.4 is 25.4 Å². The molecule has 1 aliphatic rings. The van der Waals surface area contributed by atoms with Crippen molar-refractivity contribution in [3.05, 3.63) is 18.5 Å². The number of nitrogens with two attached hydrogens (primary N) is 1. The van der Waals surface area contributed by atoms with Crippen molar-refractivity contribution >= 4 is 34.4 Å². The summed E-state index contributed by atoms with van der Waals surface area (Å²) in [6.45, 7) is 8.38. The molecule has 31 heavy (non-hydrogen) atoms. The number of benzene rings is 1. The molecule has 3 aromatic rings. The first-order valence-corrected chi connectivity index (χ1v) is 11.0. The highest BCUT2D eigenvalue weighted by molar-refractivity contribution is 7.99. The van der Waals surface area contributed by atoms with Gasteiger partial charge in [-0.25, -0.2) is 15.0 Å². The highest BCUT2D eigenvalue weighted by atomic mass is 32.2. The number of anilines is 2. The van der Waals surface area contributed by atoms with Crippen molar-refractivity contribution in [2.75, 3.05) is 38.1 Å². The molecule has 0 saturated carbocycles. The molecule has 0 spiro atoms. The van der Waals surface area contributed by atoms with E-state index in [1.165, 1.54) is 6.33 Å². The van der Waals surface area contributed by atoms with Gasteiger partial charge in [-0.2, -0.15) is 0 Å². The number of aryl methyl sites for hydroxylation is 1. The van der Waals surface area contributed by atoms with Gasteiger partial charge in [0, 0.05) is 43.2 Å². The van der Waals surface area contributed by atoms with E-state index in [1.807, 2.05) is 26.2 Å². The van der Waals surface area contributed by atoms with Gasteiger partial charge in [0.25, 0.3) is 0 Å². The lowest BCUT2D eigenvalue weighted by Crippen LogP contribution is -2.36. The monoisotopic (exact) mass is 443 g/mol. The maximum Gasteiger partial charge on any atom is 0.231 e. The lowest BCUT2D eigenvalue weighted by Gasteiger charge is -2.21. The molecule has 1 aliphatic heterocycles. The number of aromatic nitrogens is 4. The number of ether oxygens (including phenoxy) is 2. The largest absolute Gasteiger partial charge is 0.454 e. The van der Waals surface area contributed by atoms with Gasteiger partial charge in [-0.1, -0.05) is 0 Å². The van der Waals surface area contributed by atoms with Crippen LogP contribution in [0.4, 0.5) is 11.5 Å². The maximum atomic E-state index is 6.10. The van der Waals surface area contributed by atoms with Gasteiger partial charge < -0.3 is 30.0 Å². The highest BCUT2D eigenvalue weighted by Gasteiger charge is 2.22. The van der Waals surface area contributed by atoms with Crippen molar-refractivity contribution in [3.63, 3.8) is 0 Å². The minimum atomic E-state index is 0.0777. The number of imidazole rings is 1. The van der Waals surface area contributed by atoms with Crippen LogP contribution in [-0.2, 0) is 6.54 Å². The molecule has 3 N–H and O–H groups in total. The van der Waals surface area contributed by atoms with E-state index in [0.717, 1.165) is 52.4 Å². The van der Waals surface area contributed by atoms with Crippen LogP contribution in [0.25, 0.3) is 11.2 Å². The third-order valence-electron chi connectivity index (χ3n) is 4.88. The standard InChI is InChI=1S/C21H29N7O2S/c1-21(2,3)25-7-6-8-28-19-17(18(22)23-11-24-19)26-20(28)31-16-10-15-14(29-12-30-15)9-13(16)27(4)5/h9-11,25H,6-8,12H2,1-5H3,(H2,22,23,24). The van der Waals surface area contributed by atoms with Gasteiger partial charge in [0.15, 0.2) is 33.6 Å². The van der Waals surface area contributed by atoms with Gasteiger partial charge in [-0.15, -0.1) is 0 Å². The second-order valence-corrected chi connectivity index (χ2v) is 9.69. The van der Waals surface area contributed by atoms with E-state index in [1.54, 1.807) is 11.8 Å². The fourth-order valence-corrected chi connectivity index (χ4v) is 4.49. The van der Waals surface area contributed by atoms with Gasteiger partial charge in [0.2, 0.25) is 6.79 Å². The van der Waals surface area contributed by atoms with E-state index >= 15 is 0 Å². The summed E-state index contributed by atoms with van der Waals surface area (Å²) in [6, 6.07) is 4.00. The molecule has 0 amide bonds. The Morgan fingerprint density at radius 3 is 2.65 bits per heavy atom. The molecule has 0 radical (unpaired) electrons. The molecule has 4 rings (SSSR count). The zero-order valence-corrected chi connectivity index (χ0v) is 19.4. The van der Waals surface area contributed by atoms with Crippen LogP contribution >= 0.6 is 11.8 Å². The minimum Gasteiger partial charge on any atom is -0.454 e. The number of rotatable bonds is 7. The Bertz CT molecular complexity index is 1090. The first-order chi connectivity index (χ1) is 14.7. The summed E-state index contributed by atoms with van der Waals surface area (Å²) in [5.41, 5.74) is 8.58. The number of nitrogens with zero attached hydrogens (tertiary/aromatic N) is 5. The molecular formula is C21H29N7O2S.